The Labute approximate surface area is 68.6 Å². The summed E-state index contributed by atoms with van der Waals surface area (Å²) in [7, 11) is 0. The van der Waals surface area contributed by atoms with E-state index in [0.717, 1.165) is 0 Å². The molecule has 0 radical (unpaired) electrons. The second-order valence-corrected chi connectivity index (χ2v) is 3.21. The molecule has 0 N–H and O–H groups in total. The highest BCUT2D eigenvalue weighted by Crippen LogP contribution is 2.38. The smallest absolute Gasteiger partial charge is 0.111 e. The summed E-state index contributed by atoms with van der Waals surface area (Å²) in [4.78, 5) is 0. The fourth-order valence-electron chi connectivity index (χ4n) is 1.50. The molecule has 0 aromatic rings. The average molecular weight is 240 g/mol. The van der Waals surface area contributed by atoms with Crippen LogP contribution in [0.5, 0.6) is 0 Å². The van der Waals surface area contributed by atoms with Crippen molar-refractivity contribution in [3.8, 4) is 0 Å². The van der Waals surface area contributed by atoms with Crippen LogP contribution in [0.4, 0.5) is 0 Å². The van der Waals surface area contributed by atoms with Crippen LogP contribution < -0.4 is 0 Å². The van der Waals surface area contributed by atoms with Gasteiger partial charge in [-0.1, -0.05) is 0 Å². The van der Waals surface area contributed by atoms with Crippen LogP contribution in [0, 0.1) is 0 Å². The van der Waals surface area contributed by atoms with E-state index in [2.05, 4.69) is 0 Å². The number of halogens is 1. The van der Waals surface area contributed by atoms with Gasteiger partial charge in [-0.3, -0.25) is 0 Å². The Morgan fingerprint density at radius 1 is 1.44 bits per heavy atom. The van der Waals surface area contributed by atoms with Crippen molar-refractivity contribution in [2.45, 2.75) is 37.6 Å². The van der Waals surface area contributed by atoms with Gasteiger partial charge in [0.2, 0.25) is 0 Å². The molecule has 1 heterocycles. The van der Waals surface area contributed by atoms with E-state index in [9.17, 15) is 0 Å². The molecule has 0 aromatic carbocycles. The molecule has 2 aliphatic rings. The van der Waals surface area contributed by atoms with Gasteiger partial charge in [-0.15, -0.1) is 0 Å². The van der Waals surface area contributed by atoms with E-state index < -0.39 is 0 Å². The predicted molar refractivity (Wildman–Crippen MR) is 41.4 cm³/mol. The number of ether oxygens (including phenoxy) is 1. The first-order valence-electron chi connectivity index (χ1n) is 3.34. The predicted octanol–water partition coefficient (Wildman–Crippen LogP) is 1.67. The van der Waals surface area contributed by atoms with E-state index >= 15 is 0 Å². The van der Waals surface area contributed by atoms with Gasteiger partial charge in [0.1, 0.15) is 29.1 Å². The zero-order chi connectivity index (χ0) is 6.27. The van der Waals surface area contributed by atoms with Gasteiger partial charge in [0.25, 0.3) is 0 Å². The second-order valence-electron chi connectivity index (χ2n) is 2.70. The van der Waals surface area contributed by atoms with Gasteiger partial charge in [0, 0.05) is 0 Å². The molecule has 3 heteroatoms. The second kappa shape index (κ2) is 2.36. The van der Waals surface area contributed by atoms with Crippen LogP contribution in [-0.4, -0.2) is 18.3 Å². The Morgan fingerprint density at radius 3 is 3.00 bits per heavy atom. The third kappa shape index (κ3) is 1.10. The molecule has 3 unspecified atom stereocenters. The lowest BCUT2D eigenvalue weighted by Gasteiger charge is -2.13. The normalized spacial score (nSPS) is 48.3. The number of rotatable bonds is 1. The first kappa shape index (κ1) is 6.37. The number of fused-ring (bicyclic) bond motifs is 1. The fraction of sp³-hybridized carbons (Fsp3) is 1.00. The summed E-state index contributed by atoms with van der Waals surface area (Å²) in [5, 5.41) is 0. The molecular weight excluding hydrogens is 231 g/mol. The monoisotopic (exact) mass is 240 g/mol. The Morgan fingerprint density at radius 2 is 2.33 bits per heavy atom. The molecule has 2 fully saturated rings. The van der Waals surface area contributed by atoms with Crippen molar-refractivity contribution in [1.82, 2.24) is 0 Å². The summed E-state index contributed by atoms with van der Waals surface area (Å²) in [5.41, 5.74) is 0. The van der Waals surface area contributed by atoms with Crippen LogP contribution in [0.25, 0.3) is 0 Å². The van der Waals surface area contributed by atoms with Crippen molar-refractivity contribution in [2.24, 2.45) is 0 Å². The lowest BCUT2D eigenvalue weighted by atomic mass is 9.98. The minimum Gasteiger partial charge on any atom is -0.367 e. The molecule has 1 saturated heterocycles. The van der Waals surface area contributed by atoms with Crippen molar-refractivity contribution >= 4 is 23.0 Å². The SMILES string of the molecule is IOC1CCCC2OC12. The van der Waals surface area contributed by atoms with Gasteiger partial charge in [-0.05, 0) is 19.3 Å². The first-order valence-corrected chi connectivity index (χ1v) is 4.23. The molecule has 1 aliphatic heterocycles. The van der Waals surface area contributed by atoms with Gasteiger partial charge in [-0.2, -0.15) is 0 Å². The zero-order valence-electron chi connectivity index (χ0n) is 5.05. The zero-order valence-corrected chi connectivity index (χ0v) is 7.21. The molecule has 0 amide bonds. The summed E-state index contributed by atoms with van der Waals surface area (Å²) in [6.07, 6.45) is 5.11. The van der Waals surface area contributed by atoms with E-state index in [-0.39, 0.29) is 0 Å². The number of epoxide rings is 1. The van der Waals surface area contributed by atoms with E-state index in [1.54, 1.807) is 0 Å². The van der Waals surface area contributed by atoms with Crippen LogP contribution >= 0.6 is 23.0 Å². The third-order valence-electron chi connectivity index (χ3n) is 2.08. The molecule has 0 bridgehead atoms. The summed E-state index contributed by atoms with van der Waals surface area (Å²) < 4.78 is 10.5. The quantitative estimate of drug-likeness (QED) is 0.513. The summed E-state index contributed by atoms with van der Waals surface area (Å²) >= 11 is 1.97. The maximum Gasteiger partial charge on any atom is 0.111 e. The van der Waals surface area contributed by atoms with Gasteiger partial charge in [-0.25, -0.2) is 0 Å². The maximum absolute atomic E-state index is 5.35. The van der Waals surface area contributed by atoms with E-state index in [0.29, 0.717) is 18.3 Å². The van der Waals surface area contributed by atoms with E-state index in [4.69, 9.17) is 7.80 Å². The maximum atomic E-state index is 5.35. The molecule has 1 saturated carbocycles. The lowest BCUT2D eigenvalue weighted by Crippen LogP contribution is -2.21. The molecule has 52 valence electrons. The number of hydrogen-bond donors (Lipinski definition) is 0. The largest absolute Gasteiger partial charge is 0.367 e. The van der Waals surface area contributed by atoms with Crippen molar-refractivity contribution in [1.29, 1.82) is 0 Å². The summed E-state index contributed by atoms with van der Waals surface area (Å²) in [6.45, 7) is 0. The van der Waals surface area contributed by atoms with Crippen LogP contribution in [0.15, 0.2) is 0 Å². The van der Waals surface area contributed by atoms with Crippen molar-refractivity contribution < 1.29 is 7.80 Å². The molecular formula is C6H9IO2. The van der Waals surface area contributed by atoms with Gasteiger partial charge in [0.15, 0.2) is 0 Å². The molecule has 9 heavy (non-hydrogen) atoms. The highest BCUT2D eigenvalue weighted by Gasteiger charge is 2.47. The van der Waals surface area contributed by atoms with Crippen LogP contribution in [0.3, 0.4) is 0 Å². The van der Waals surface area contributed by atoms with Crippen LogP contribution in [0.2, 0.25) is 0 Å². The fourth-order valence-corrected chi connectivity index (χ4v) is 2.04. The van der Waals surface area contributed by atoms with E-state index in [1.165, 1.54) is 19.3 Å². The van der Waals surface area contributed by atoms with Gasteiger partial charge >= 0.3 is 0 Å². The number of hydrogen-bond acceptors (Lipinski definition) is 2. The Bertz CT molecular complexity index is 118. The van der Waals surface area contributed by atoms with Crippen molar-refractivity contribution in [3.05, 3.63) is 0 Å². The molecule has 0 aromatic heterocycles. The topological polar surface area (TPSA) is 21.8 Å². The highest BCUT2D eigenvalue weighted by atomic mass is 127. The van der Waals surface area contributed by atoms with Gasteiger partial charge in [0.05, 0.1) is 12.2 Å². The van der Waals surface area contributed by atoms with Gasteiger partial charge < -0.3 is 7.80 Å². The minimum absolute atomic E-state index is 0.393. The van der Waals surface area contributed by atoms with Crippen molar-refractivity contribution in [2.75, 3.05) is 0 Å². The average Bonchev–Trinajstić information content (AvgIpc) is 2.64. The highest BCUT2D eigenvalue weighted by molar-refractivity contribution is 14.1. The summed E-state index contributed by atoms with van der Waals surface area (Å²) in [5.74, 6) is 0. The molecule has 3 atom stereocenters. The molecule has 2 nitrogen and oxygen atoms in total. The van der Waals surface area contributed by atoms with Crippen LogP contribution in [-0.2, 0) is 7.80 Å². The Kier molecular flexibility index (Phi) is 1.67. The minimum atomic E-state index is 0.393. The molecule has 1 aliphatic carbocycles. The van der Waals surface area contributed by atoms with Crippen LogP contribution in [0.1, 0.15) is 19.3 Å². The molecule has 2 rings (SSSR count). The first-order chi connectivity index (χ1) is 4.42. The Hall–Kier alpha value is 0.650. The lowest BCUT2D eigenvalue weighted by molar-refractivity contribution is 0.205. The third-order valence-corrected chi connectivity index (χ3v) is 2.73. The Balaban J connectivity index is 1.93. The standard InChI is InChI=1S/C6H9IO2/c7-9-5-3-1-2-4-6(5)8-4/h4-6H,1-3H2. The summed E-state index contributed by atoms with van der Waals surface area (Å²) in [6, 6.07) is 0. The van der Waals surface area contributed by atoms with Crippen molar-refractivity contribution in [3.63, 3.8) is 0 Å². The van der Waals surface area contributed by atoms with E-state index in [1.807, 2.05) is 23.0 Å². The molecule has 0 spiro atoms.